The Morgan fingerprint density at radius 3 is 2.30 bits per heavy atom. The molecule has 1 aromatic heterocycles. The van der Waals surface area contributed by atoms with Gasteiger partial charge in [0.25, 0.3) is 5.91 Å². The van der Waals surface area contributed by atoms with Gasteiger partial charge in [-0.05, 0) is 48.5 Å². The standard InChI is InChI=1S/C24H20N4O2/c1-30-22-14-12-18(13-15-22)23-20(17-28(27-23)21-10-6-3-7-11-21)16-25-26-24(29)19-8-4-2-5-9-19/h2-17H,1H3,(H,26,29)/b25-16+. The highest BCUT2D eigenvalue weighted by Crippen LogP contribution is 2.25. The maximum Gasteiger partial charge on any atom is 0.271 e. The number of hydrogen-bond donors (Lipinski definition) is 1. The van der Waals surface area contributed by atoms with E-state index in [-0.39, 0.29) is 5.91 Å². The molecular formula is C24H20N4O2. The summed E-state index contributed by atoms with van der Waals surface area (Å²) >= 11 is 0. The predicted octanol–water partition coefficient (Wildman–Crippen LogP) is 4.31. The molecule has 4 aromatic rings. The van der Waals surface area contributed by atoms with Gasteiger partial charge in [-0.25, -0.2) is 10.1 Å². The van der Waals surface area contributed by atoms with Crippen LogP contribution >= 0.6 is 0 Å². The molecule has 0 aliphatic carbocycles. The van der Waals surface area contributed by atoms with E-state index in [9.17, 15) is 4.79 Å². The van der Waals surface area contributed by atoms with Crippen LogP contribution in [-0.4, -0.2) is 29.0 Å². The fraction of sp³-hybridized carbons (Fsp3) is 0.0417. The number of para-hydroxylation sites is 1. The van der Waals surface area contributed by atoms with Gasteiger partial charge in [0.05, 0.1) is 19.0 Å². The van der Waals surface area contributed by atoms with Crippen molar-refractivity contribution in [1.82, 2.24) is 15.2 Å². The van der Waals surface area contributed by atoms with Gasteiger partial charge in [-0.1, -0.05) is 36.4 Å². The Bertz CT molecular complexity index is 1150. The lowest BCUT2D eigenvalue weighted by Gasteiger charge is -2.02. The molecule has 0 aliphatic heterocycles. The number of rotatable bonds is 6. The molecule has 1 N–H and O–H groups in total. The maximum atomic E-state index is 12.2. The Labute approximate surface area is 174 Å². The Kier molecular flexibility index (Phi) is 5.66. The van der Waals surface area contributed by atoms with E-state index in [0.717, 1.165) is 28.3 Å². The van der Waals surface area contributed by atoms with Gasteiger partial charge in [0.15, 0.2) is 0 Å². The van der Waals surface area contributed by atoms with Gasteiger partial charge in [0.1, 0.15) is 11.4 Å². The largest absolute Gasteiger partial charge is 0.497 e. The summed E-state index contributed by atoms with van der Waals surface area (Å²) in [6.45, 7) is 0. The smallest absolute Gasteiger partial charge is 0.271 e. The number of aromatic nitrogens is 2. The first-order valence-corrected chi connectivity index (χ1v) is 9.42. The number of benzene rings is 3. The number of nitrogens with one attached hydrogen (secondary N) is 1. The summed E-state index contributed by atoms with van der Waals surface area (Å²) in [4.78, 5) is 12.2. The lowest BCUT2D eigenvalue weighted by atomic mass is 10.1. The molecule has 4 rings (SSSR count). The number of carbonyl (C=O) groups excluding carboxylic acids is 1. The van der Waals surface area contributed by atoms with Crippen LogP contribution < -0.4 is 10.2 Å². The fourth-order valence-electron chi connectivity index (χ4n) is 2.98. The molecule has 0 bridgehead atoms. The lowest BCUT2D eigenvalue weighted by molar-refractivity contribution is 0.0955. The van der Waals surface area contributed by atoms with E-state index in [2.05, 4.69) is 10.5 Å². The molecule has 0 aliphatic rings. The van der Waals surface area contributed by atoms with Crippen LogP contribution in [0.25, 0.3) is 16.9 Å². The molecule has 30 heavy (non-hydrogen) atoms. The van der Waals surface area contributed by atoms with Crippen molar-refractivity contribution < 1.29 is 9.53 Å². The van der Waals surface area contributed by atoms with Crippen molar-refractivity contribution in [3.8, 4) is 22.7 Å². The van der Waals surface area contributed by atoms with E-state index >= 15 is 0 Å². The number of hydrogen-bond acceptors (Lipinski definition) is 4. The van der Waals surface area contributed by atoms with Crippen molar-refractivity contribution in [1.29, 1.82) is 0 Å². The predicted molar refractivity (Wildman–Crippen MR) is 117 cm³/mol. The summed E-state index contributed by atoms with van der Waals surface area (Å²) in [5, 5.41) is 8.88. The second-order valence-electron chi connectivity index (χ2n) is 6.51. The van der Waals surface area contributed by atoms with Gasteiger partial charge >= 0.3 is 0 Å². The van der Waals surface area contributed by atoms with Crippen LogP contribution in [0.4, 0.5) is 0 Å². The molecule has 0 spiro atoms. The summed E-state index contributed by atoms with van der Waals surface area (Å²) in [7, 11) is 1.63. The van der Waals surface area contributed by atoms with Gasteiger partial charge in [-0.2, -0.15) is 10.2 Å². The molecule has 1 amide bonds. The van der Waals surface area contributed by atoms with Gasteiger partial charge in [0, 0.05) is 22.9 Å². The summed E-state index contributed by atoms with van der Waals surface area (Å²) in [5.41, 5.74) is 6.49. The minimum atomic E-state index is -0.270. The van der Waals surface area contributed by atoms with E-state index < -0.39 is 0 Å². The third kappa shape index (κ3) is 4.28. The van der Waals surface area contributed by atoms with Crippen molar-refractivity contribution in [2.75, 3.05) is 7.11 Å². The number of ether oxygens (including phenoxy) is 1. The fourth-order valence-corrected chi connectivity index (χ4v) is 2.98. The normalized spacial score (nSPS) is 10.8. The first-order chi connectivity index (χ1) is 14.7. The van der Waals surface area contributed by atoms with E-state index in [1.54, 1.807) is 30.1 Å². The molecule has 1 heterocycles. The monoisotopic (exact) mass is 396 g/mol. The van der Waals surface area contributed by atoms with Crippen LogP contribution in [-0.2, 0) is 0 Å². The Balaban J connectivity index is 1.64. The highest BCUT2D eigenvalue weighted by molar-refractivity contribution is 5.95. The van der Waals surface area contributed by atoms with Crippen molar-refractivity contribution in [3.63, 3.8) is 0 Å². The zero-order chi connectivity index (χ0) is 20.8. The molecule has 0 fully saturated rings. The van der Waals surface area contributed by atoms with Crippen LogP contribution in [0.1, 0.15) is 15.9 Å². The second-order valence-corrected chi connectivity index (χ2v) is 6.51. The average molecular weight is 396 g/mol. The third-order valence-corrected chi connectivity index (χ3v) is 4.53. The first kappa shape index (κ1) is 19.1. The molecule has 0 saturated carbocycles. The van der Waals surface area contributed by atoms with Crippen molar-refractivity contribution in [2.45, 2.75) is 0 Å². The Morgan fingerprint density at radius 2 is 1.63 bits per heavy atom. The molecule has 0 atom stereocenters. The minimum absolute atomic E-state index is 0.270. The van der Waals surface area contributed by atoms with E-state index in [0.29, 0.717) is 5.56 Å². The molecule has 3 aromatic carbocycles. The van der Waals surface area contributed by atoms with Crippen molar-refractivity contribution >= 4 is 12.1 Å². The van der Waals surface area contributed by atoms with E-state index in [1.807, 2.05) is 79.0 Å². The van der Waals surface area contributed by atoms with Crippen LogP contribution in [0.2, 0.25) is 0 Å². The summed E-state index contributed by atoms with van der Waals surface area (Å²) in [5.74, 6) is 0.500. The third-order valence-electron chi connectivity index (χ3n) is 4.53. The van der Waals surface area contributed by atoms with Crippen LogP contribution in [0, 0.1) is 0 Å². The van der Waals surface area contributed by atoms with Crippen LogP contribution in [0.3, 0.4) is 0 Å². The Morgan fingerprint density at radius 1 is 0.967 bits per heavy atom. The van der Waals surface area contributed by atoms with Gasteiger partial charge in [-0.15, -0.1) is 0 Å². The number of carbonyl (C=O) groups is 1. The highest BCUT2D eigenvalue weighted by Gasteiger charge is 2.12. The van der Waals surface area contributed by atoms with Crippen molar-refractivity contribution in [2.24, 2.45) is 5.10 Å². The average Bonchev–Trinajstić information content (AvgIpc) is 3.24. The summed E-state index contributed by atoms with van der Waals surface area (Å²) in [6.07, 6.45) is 3.49. The van der Waals surface area contributed by atoms with Crippen LogP contribution in [0.15, 0.2) is 96.2 Å². The zero-order valence-electron chi connectivity index (χ0n) is 16.4. The lowest BCUT2D eigenvalue weighted by Crippen LogP contribution is -2.17. The number of hydrazone groups is 1. The van der Waals surface area contributed by atoms with Gasteiger partial charge < -0.3 is 4.74 Å². The molecule has 6 nitrogen and oxygen atoms in total. The number of methoxy groups -OCH3 is 1. The Hall–Kier alpha value is -4.19. The summed E-state index contributed by atoms with van der Waals surface area (Å²) in [6, 6.07) is 26.4. The molecule has 148 valence electrons. The molecule has 6 heteroatoms. The van der Waals surface area contributed by atoms with Gasteiger partial charge in [0.2, 0.25) is 0 Å². The topological polar surface area (TPSA) is 68.5 Å². The highest BCUT2D eigenvalue weighted by atomic mass is 16.5. The second kappa shape index (κ2) is 8.87. The SMILES string of the molecule is COc1ccc(-c2nn(-c3ccccc3)cc2/C=N/NC(=O)c2ccccc2)cc1. The van der Waals surface area contributed by atoms with Crippen LogP contribution in [0.5, 0.6) is 5.75 Å². The number of nitrogens with zero attached hydrogens (tertiary/aromatic N) is 3. The molecule has 0 saturated heterocycles. The molecule has 0 radical (unpaired) electrons. The zero-order valence-corrected chi connectivity index (χ0v) is 16.4. The van der Waals surface area contributed by atoms with Gasteiger partial charge in [-0.3, -0.25) is 4.79 Å². The van der Waals surface area contributed by atoms with Crippen molar-refractivity contribution in [3.05, 3.63) is 102 Å². The maximum absolute atomic E-state index is 12.2. The molecular weight excluding hydrogens is 376 g/mol. The minimum Gasteiger partial charge on any atom is -0.497 e. The quantitative estimate of drug-likeness (QED) is 0.390. The van der Waals surface area contributed by atoms with E-state index in [4.69, 9.17) is 9.84 Å². The van der Waals surface area contributed by atoms with E-state index in [1.165, 1.54) is 0 Å². The molecule has 0 unspecified atom stereocenters. The first-order valence-electron chi connectivity index (χ1n) is 9.42. The number of amides is 1. The summed E-state index contributed by atoms with van der Waals surface area (Å²) < 4.78 is 7.04.